The van der Waals surface area contributed by atoms with Gasteiger partial charge in [0.05, 0.1) is 6.54 Å². The number of guanidine groups is 1. The summed E-state index contributed by atoms with van der Waals surface area (Å²) in [5, 5.41) is 7.08. The first-order valence-electron chi connectivity index (χ1n) is 9.07. The van der Waals surface area contributed by atoms with Crippen molar-refractivity contribution in [3.05, 3.63) is 21.9 Å². The fourth-order valence-corrected chi connectivity index (χ4v) is 4.67. The minimum Gasteiger partial charge on any atom is -0.352 e. The molecule has 2 heterocycles. The lowest BCUT2D eigenvalue weighted by atomic mass is 10.2. The molecule has 136 valence electrons. The van der Waals surface area contributed by atoms with E-state index >= 15 is 0 Å². The van der Waals surface area contributed by atoms with Gasteiger partial charge in [-0.25, -0.2) is 0 Å². The summed E-state index contributed by atoms with van der Waals surface area (Å²) in [6.07, 6.45) is 7.99. The van der Waals surface area contributed by atoms with Crippen molar-refractivity contribution in [2.45, 2.75) is 64.1 Å². The van der Waals surface area contributed by atoms with Crippen LogP contribution in [0.3, 0.4) is 0 Å². The van der Waals surface area contributed by atoms with Crippen molar-refractivity contribution in [2.75, 3.05) is 20.1 Å². The van der Waals surface area contributed by atoms with Gasteiger partial charge in [-0.15, -0.1) is 35.3 Å². The number of hydrogen-bond donors (Lipinski definition) is 2. The van der Waals surface area contributed by atoms with Crippen molar-refractivity contribution in [2.24, 2.45) is 4.99 Å². The monoisotopic (exact) mass is 462 g/mol. The van der Waals surface area contributed by atoms with E-state index in [1.807, 2.05) is 18.4 Å². The SMILES string of the molecule is CCc1ccc(CNC(=NC)NC2CCN(C3CCCC3)C2)s1.I. The van der Waals surface area contributed by atoms with Gasteiger partial charge in [-0.1, -0.05) is 19.8 Å². The summed E-state index contributed by atoms with van der Waals surface area (Å²) in [4.78, 5) is 9.91. The van der Waals surface area contributed by atoms with Gasteiger partial charge in [-0.2, -0.15) is 0 Å². The Morgan fingerprint density at radius 3 is 2.67 bits per heavy atom. The van der Waals surface area contributed by atoms with Gasteiger partial charge in [0, 0.05) is 42.0 Å². The van der Waals surface area contributed by atoms with E-state index in [9.17, 15) is 0 Å². The van der Waals surface area contributed by atoms with Crippen LogP contribution in [0.1, 0.15) is 48.8 Å². The van der Waals surface area contributed by atoms with Crippen molar-refractivity contribution in [1.82, 2.24) is 15.5 Å². The van der Waals surface area contributed by atoms with Crippen LogP contribution in [0.15, 0.2) is 17.1 Å². The van der Waals surface area contributed by atoms with E-state index in [2.05, 4.69) is 39.6 Å². The Morgan fingerprint density at radius 1 is 1.25 bits per heavy atom. The van der Waals surface area contributed by atoms with Gasteiger partial charge < -0.3 is 10.6 Å². The Hall–Kier alpha value is -0.340. The standard InChI is InChI=1S/C18H30N4S.HI/c1-3-16-8-9-17(23-16)12-20-18(19-2)21-14-10-11-22(13-14)15-6-4-5-7-15;/h8-9,14-15H,3-7,10-13H2,1-2H3,(H2,19,20,21);1H. The molecule has 24 heavy (non-hydrogen) atoms. The summed E-state index contributed by atoms with van der Waals surface area (Å²) in [5.41, 5.74) is 0. The molecule has 1 aliphatic carbocycles. The third kappa shape index (κ3) is 5.33. The van der Waals surface area contributed by atoms with Crippen LogP contribution in [0, 0.1) is 0 Å². The number of nitrogens with one attached hydrogen (secondary N) is 2. The molecule has 0 bridgehead atoms. The lowest BCUT2D eigenvalue weighted by molar-refractivity contribution is 0.242. The quantitative estimate of drug-likeness (QED) is 0.399. The summed E-state index contributed by atoms with van der Waals surface area (Å²) in [6.45, 7) is 5.48. The maximum Gasteiger partial charge on any atom is 0.191 e. The van der Waals surface area contributed by atoms with Gasteiger partial charge in [0.1, 0.15) is 0 Å². The number of aliphatic imine (C=N–C) groups is 1. The molecule has 2 N–H and O–H groups in total. The highest BCUT2D eigenvalue weighted by atomic mass is 127. The zero-order valence-electron chi connectivity index (χ0n) is 14.9. The molecule has 1 saturated carbocycles. The molecular formula is C18H31IN4S. The van der Waals surface area contributed by atoms with Crippen LogP contribution < -0.4 is 10.6 Å². The second kappa shape index (κ2) is 9.97. The van der Waals surface area contributed by atoms with E-state index in [0.29, 0.717) is 6.04 Å². The minimum atomic E-state index is 0. The largest absolute Gasteiger partial charge is 0.352 e. The molecule has 1 aromatic rings. The Balaban J connectivity index is 0.00000208. The third-order valence-corrected chi connectivity index (χ3v) is 6.35. The molecule has 1 saturated heterocycles. The smallest absolute Gasteiger partial charge is 0.191 e. The number of nitrogens with zero attached hydrogens (tertiary/aromatic N) is 2. The van der Waals surface area contributed by atoms with Crippen LogP contribution in [0.4, 0.5) is 0 Å². The number of thiophene rings is 1. The summed E-state index contributed by atoms with van der Waals surface area (Å²) >= 11 is 1.89. The number of halogens is 1. The van der Waals surface area contributed by atoms with Crippen molar-refractivity contribution in [1.29, 1.82) is 0 Å². The summed E-state index contributed by atoms with van der Waals surface area (Å²) < 4.78 is 0. The highest BCUT2D eigenvalue weighted by Gasteiger charge is 2.30. The normalized spacial score (nSPS) is 22.6. The summed E-state index contributed by atoms with van der Waals surface area (Å²) in [6, 6.07) is 5.84. The molecule has 6 heteroatoms. The Bertz CT molecular complexity index is 525. The van der Waals surface area contributed by atoms with Crippen LogP contribution in [0.5, 0.6) is 0 Å². The Labute approximate surface area is 167 Å². The molecular weight excluding hydrogens is 431 g/mol. The van der Waals surface area contributed by atoms with E-state index in [4.69, 9.17) is 0 Å². The predicted octanol–water partition coefficient (Wildman–Crippen LogP) is 3.61. The average Bonchev–Trinajstić information content (AvgIpc) is 3.31. The molecule has 2 aliphatic rings. The molecule has 1 aliphatic heterocycles. The maximum atomic E-state index is 4.40. The molecule has 0 radical (unpaired) electrons. The topological polar surface area (TPSA) is 39.7 Å². The van der Waals surface area contributed by atoms with E-state index in [1.54, 1.807) is 0 Å². The van der Waals surface area contributed by atoms with Crippen LogP contribution in [0.2, 0.25) is 0 Å². The molecule has 2 fully saturated rings. The first-order chi connectivity index (χ1) is 11.3. The van der Waals surface area contributed by atoms with Crippen LogP contribution in [0.25, 0.3) is 0 Å². The molecule has 0 aromatic carbocycles. The molecule has 1 atom stereocenters. The van der Waals surface area contributed by atoms with Crippen LogP contribution in [-0.4, -0.2) is 43.1 Å². The molecule has 0 spiro atoms. The lowest BCUT2D eigenvalue weighted by Gasteiger charge is -2.24. The van der Waals surface area contributed by atoms with Gasteiger partial charge in [-0.05, 0) is 37.8 Å². The van der Waals surface area contributed by atoms with Crippen LogP contribution >= 0.6 is 35.3 Å². The number of rotatable bonds is 5. The first-order valence-corrected chi connectivity index (χ1v) is 9.89. The van der Waals surface area contributed by atoms with Gasteiger partial charge in [0.25, 0.3) is 0 Å². The second-order valence-electron chi connectivity index (χ2n) is 6.71. The Morgan fingerprint density at radius 2 is 2.00 bits per heavy atom. The highest BCUT2D eigenvalue weighted by Crippen LogP contribution is 2.26. The zero-order chi connectivity index (χ0) is 16.1. The molecule has 1 aromatic heterocycles. The number of likely N-dealkylation sites (tertiary alicyclic amines) is 1. The molecule has 1 unspecified atom stereocenters. The van der Waals surface area contributed by atoms with Crippen molar-refractivity contribution < 1.29 is 0 Å². The lowest BCUT2D eigenvalue weighted by Crippen LogP contribution is -2.44. The van der Waals surface area contributed by atoms with E-state index < -0.39 is 0 Å². The van der Waals surface area contributed by atoms with E-state index in [0.717, 1.165) is 25.0 Å². The first kappa shape index (κ1) is 20.0. The van der Waals surface area contributed by atoms with Crippen molar-refractivity contribution in [3.8, 4) is 0 Å². The second-order valence-corrected chi connectivity index (χ2v) is 7.96. The third-order valence-electron chi connectivity index (χ3n) is 5.12. The fraction of sp³-hybridized carbons (Fsp3) is 0.722. The van der Waals surface area contributed by atoms with Crippen molar-refractivity contribution >= 4 is 41.3 Å². The van der Waals surface area contributed by atoms with Gasteiger partial charge in [0.2, 0.25) is 0 Å². The molecule has 0 amide bonds. The average molecular weight is 462 g/mol. The minimum absolute atomic E-state index is 0. The number of hydrogen-bond acceptors (Lipinski definition) is 3. The number of aryl methyl sites for hydroxylation is 1. The van der Waals surface area contributed by atoms with E-state index in [1.165, 1.54) is 54.9 Å². The van der Waals surface area contributed by atoms with Crippen LogP contribution in [-0.2, 0) is 13.0 Å². The van der Waals surface area contributed by atoms with Crippen molar-refractivity contribution in [3.63, 3.8) is 0 Å². The predicted molar refractivity (Wildman–Crippen MR) is 115 cm³/mol. The fourth-order valence-electron chi connectivity index (χ4n) is 3.77. The van der Waals surface area contributed by atoms with Gasteiger partial charge >= 0.3 is 0 Å². The molecule has 3 rings (SSSR count). The van der Waals surface area contributed by atoms with Gasteiger partial charge in [0.15, 0.2) is 5.96 Å². The van der Waals surface area contributed by atoms with E-state index in [-0.39, 0.29) is 24.0 Å². The summed E-state index contributed by atoms with van der Waals surface area (Å²) in [7, 11) is 1.87. The summed E-state index contributed by atoms with van der Waals surface area (Å²) in [5.74, 6) is 0.940. The highest BCUT2D eigenvalue weighted by molar-refractivity contribution is 14.0. The Kier molecular flexibility index (Phi) is 8.30. The maximum absolute atomic E-state index is 4.40. The van der Waals surface area contributed by atoms with Gasteiger partial charge in [-0.3, -0.25) is 9.89 Å². The zero-order valence-corrected chi connectivity index (χ0v) is 18.0. The molecule has 4 nitrogen and oxygen atoms in total.